The van der Waals surface area contributed by atoms with Gasteiger partial charge >= 0.3 is 0 Å². The quantitative estimate of drug-likeness (QED) is 0.309. The van der Waals surface area contributed by atoms with Gasteiger partial charge < -0.3 is 12.0 Å². The van der Waals surface area contributed by atoms with Crippen molar-refractivity contribution in [2.75, 3.05) is 4.90 Å². The molecule has 3 nitrogen and oxygen atoms in total. The van der Waals surface area contributed by atoms with Crippen LogP contribution in [0.25, 0.3) is 0 Å². The number of piperidine rings is 1. The standard InChI is InChI=1S/C25H36NO2.Y/c1-5-6-7-8-11-21-12-9-14-24(28)26(21)22-17-15-20(16-18-22)23(27)13-10-19-25(2,3)4;/h15-18,21,23,27H,1,5-7,9-10,12-14,19H2,2-4H3;/q-1;. The first-order valence-corrected chi connectivity index (χ1v) is 10.7. The zero-order valence-electron chi connectivity index (χ0n) is 18.4. The number of amides is 1. The van der Waals surface area contributed by atoms with Crippen LogP contribution in [0.1, 0.15) is 90.2 Å². The Balaban J connectivity index is 0.00000420. The molecule has 2 atom stereocenters. The number of anilines is 1. The molecule has 1 radical (unpaired) electrons. The van der Waals surface area contributed by atoms with E-state index in [1.54, 1.807) is 0 Å². The average Bonchev–Trinajstić information content (AvgIpc) is 2.64. The van der Waals surface area contributed by atoms with Crippen LogP contribution in [-0.2, 0) is 37.5 Å². The fourth-order valence-corrected chi connectivity index (χ4v) is 3.58. The largest absolute Gasteiger partial charge is 0.388 e. The molecule has 4 heteroatoms. The molecule has 0 aromatic heterocycles. The summed E-state index contributed by atoms with van der Waals surface area (Å²) in [6, 6.07) is 7.76. The van der Waals surface area contributed by atoms with Crippen molar-refractivity contribution in [3.63, 3.8) is 0 Å². The van der Waals surface area contributed by atoms with Gasteiger partial charge in [-0.25, -0.2) is 0 Å². The Morgan fingerprint density at radius 3 is 2.55 bits per heavy atom. The van der Waals surface area contributed by atoms with Crippen molar-refractivity contribution in [2.24, 2.45) is 5.41 Å². The Morgan fingerprint density at radius 2 is 1.93 bits per heavy atom. The van der Waals surface area contributed by atoms with Crippen LogP contribution < -0.4 is 4.90 Å². The second-order valence-corrected chi connectivity index (χ2v) is 9.01. The fourth-order valence-electron chi connectivity index (χ4n) is 3.58. The summed E-state index contributed by atoms with van der Waals surface area (Å²) in [5.41, 5.74) is 2.09. The molecular formula is C25H36NO2Y-. The average molecular weight is 471 g/mol. The second kappa shape index (κ2) is 12.9. The summed E-state index contributed by atoms with van der Waals surface area (Å²) < 4.78 is 0. The maximum Gasteiger partial charge on any atom is 0.228 e. The first-order chi connectivity index (χ1) is 13.3. The monoisotopic (exact) mass is 471 g/mol. The molecule has 1 aromatic carbocycles. The van der Waals surface area contributed by atoms with E-state index in [0.717, 1.165) is 62.6 Å². The minimum Gasteiger partial charge on any atom is -0.388 e. The van der Waals surface area contributed by atoms with E-state index in [9.17, 15) is 9.90 Å². The van der Waals surface area contributed by atoms with Crippen LogP contribution in [0.3, 0.4) is 0 Å². The van der Waals surface area contributed by atoms with Crippen molar-refractivity contribution in [1.29, 1.82) is 0 Å². The van der Waals surface area contributed by atoms with Crippen molar-refractivity contribution in [3.8, 4) is 11.8 Å². The summed E-state index contributed by atoms with van der Waals surface area (Å²) in [7, 11) is 0. The normalized spacial score (nSPS) is 17.9. The third kappa shape index (κ3) is 8.91. The molecule has 0 bridgehead atoms. The molecule has 0 saturated carbocycles. The van der Waals surface area contributed by atoms with Crippen LogP contribution in [0.15, 0.2) is 24.3 Å². The molecule has 0 spiro atoms. The van der Waals surface area contributed by atoms with E-state index in [2.05, 4.69) is 39.5 Å². The van der Waals surface area contributed by atoms with Gasteiger partial charge in [-0.1, -0.05) is 51.7 Å². The van der Waals surface area contributed by atoms with Crippen LogP contribution in [-0.4, -0.2) is 17.1 Å². The van der Waals surface area contributed by atoms with E-state index in [1.165, 1.54) is 0 Å². The van der Waals surface area contributed by atoms with Crippen LogP contribution in [0.2, 0.25) is 0 Å². The minimum atomic E-state index is -0.452. The number of hydrogen-bond acceptors (Lipinski definition) is 2. The minimum absolute atomic E-state index is 0. The number of aliphatic hydroxyl groups excluding tert-OH is 1. The van der Waals surface area contributed by atoms with Crippen LogP contribution in [0.4, 0.5) is 5.69 Å². The maximum atomic E-state index is 12.5. The van der Waals surface area contributed by atoms with E-state index in [4.69, 9.17) is 0 Å². The van der Waals surface area contributed by atoms with Crippen molar-refractivity contribution >= 4 is 11.6 Å². The molecule has 1 amide bonds. The van der Waals surface area contributed by atoms with Gasteiger partial charge in [-0.2, -0.15) is 6.42 Å². The van der Waals surface area contributed by atoms with E-state index in [-0.39, 0.29) is 44.7 Å². The Kier molecular flexibility index (Phi) is 11.7. The van der Waals surface area contributed by atoms with Gasteiger partial charge in [0.05, 0.1) is 12.1 Å². The van der Waals surface area contributed by atoms with E-state index < -0.39 is 6.10 Å². The molecule has 29 heavy (non-hydrogen) atoms. The van der Waals surface area contributed by atoms with Crippen molar-refractivity contribution < 1.29 is 42.6 Å². The topological polar surface area (TPSA) is 40.5 Å². The number of unbranched alkanes of at least 4 members (excludes halogenated alkanes) is 2. The summed E-state index contributed by atoms with van der Waals surface area (Å²) in [5.74, 6) is 6.65. The predicted molar refractivity (Wildman–Crippen MR) is 117 cm³/mol. The number of carbonyl (C=O) groups excluding carboxylic acids is 1. The summed E-state index contributed by atoms with van der Waals surface area (Å²) in [4.78, 5) is 14.4. The van der Waals surface area contributed by atoms with Crippen LogP contribution >= 0.6 is 0 Å². The first kappa shape index (κ1) is 26.3. The maximum absolute atomic E-state index is 12.5. The Bertz CT molecular complexity index is 682. The molecule has 1 N–H and O–H groups in total. The summed E-state index contributed by atoms with van der Waals surface area (Å²) in [6.45, 7) is 10.5. The summed E-state index contributed by atoms with van der Waals surface area (Å²) in [6.07, 6.45) is 7.52. The van der Waals surface area contributed by atoms with E-state index in [1.807, 2.05) is 29.2 Å². The molecule has 1 heterocycles. The van der Waals surface area contributed by atoms with Gasteiger partial charge in [0.2, 0.25) is 5.91 Å². The number of carbonyl (C=O) groups is 1. The third-order valence-corrected chi connectivity index (χ3v) is 5.23. The zero-order valence-corrected chi connectivity index (χ0v) is 21.3. The predicted octanol–water partition coefficient (Wildman–Crippen LogP) is 5.83. The van der Waals surface area contributed by atoms with Crippen molar-refractivity contribution in [2.45, 2.75) is 90.7 Å². The van der Waals surface area contributed by atoms with Crippen molar-refractivity contribution in [3.05, 3.63) is 36.8 Å². The molecule has 1 aliphatic rings. The molecule has 2 rings (SSSR count). The zero-order chi connectivity index (χ0) is 20.6. The molecule has 157 valence electrons. The SMILES string of the molecule is [CH2-]CCCC#CC1CCCC(=O)N1c1ccc(C(O)CCCC(C)(C)C)cc1.[Y]. The van der Waals surface area contributed by atoms with Gasteiger partial charge in [0, 0.05) is 51.2 Å². The fraction of sp³-hybridized carbons (Fsp3) is 0.600. The molecule has 1 aliphatic heterocycles. The van der Waals surface area contributed by atoms with Gasteiger partial charge in [0.1, 0.15) is 0 Å². The van der Waals surface area contributed by atoms with Gasteiger partial charge in [0.25, 0.3) is 0 Å². The van der Waals surface area contributed by atoms with E-state index in [0.29, 0.717) is 11.8 Å². The molecule has 1 fully saturated rings. The summed E-state index contributed by atoms with van der Waals surface area (Å²) >= 11 is 0. The molecule has 1 saturated heterocycles. The van der Waals surface area contributed by atoms with Crippen LogP contribution in [0, 0.1) is 24.2 Å². The number of rotatable bonds is 7. The van der Waals surface area contributed by atoms with Gasteiger partial charge in [-0.15, -0.1) is 5.92 Å². The Morgan fingerprint density at radius 1 is 1.24 bits per heavy atom. The number of benzene rings is 1. The van der Waals surface area contributed by atoms with Gasteiger partial charge in [0.15, 0.2) is 0 Å². The first-order valence-electron chi connectivity index (χ1n) is 10.7. The molecule has 1 aromatic rings. The molecule has 0 aliphatic carbocycles. The Hall–Kier alpha value is -0.686. The number of aliphatic hydroxyl groups is 1. The van der Waals surface area contributed by atoms with Crippen molar-refractivity contribution in [1.82, 2.24) is 0 Å². The smallest absolute Gasteiger partial charge is 0.228 e. The van der Waals surface area contributed by atoms with Gasteiger partial charge in [-0.3, -0.25) is 9.69 Å². The Labute approximate surface area is 202 Å². The van der Waals surface area contributed by atoms with Crippen LogP contribution in [0.5, 0.6) is 0 Å². The second-order valence-electron chi connectivity index (χ2n) is 9.01. The molecular weight excluding hydrogens is 435 g/mol. The van der Waals surface area contributed by atoms with Gasteiger partial charge in [-0.05, 0) is 48.8 Å². The number of hydrogen-bond donors (Lipinski definition) is 1. The van der Waals surface area contributed by atoms with E-state index >= 15 is 0 Å². The summed E-state index contributed by atoms with van der Waals surface area (Å²) in [5, 5.41) is 10.5. The molecule has 2 unspecified atom stereocenters. The number of nitrogens with zero attached hydrogens (tertiary/aromatic N) is 1. The third-order valence-electron chi connectivity index (χ3n) is 5.23.